The summed E-state index contributed by atoms with van der Waals surface area (Å²) in [5.41, 5.74) is 9.66. The largest absolute Gasteiger partial charge is 0.493 e. The van der Waals surface area contributed by atoms with E-state index in [9.17, 15) is 0 Å². The molecule has 0 bridgehead atoms. The fraction of sp³-hybridized carbons (Fsp3) is 0.455. The fourth-order valence-electron chi connectivity index (χ4n) is 1.40. The van der Waals surface area contributed by atoms with Gasteiger partial charge >= 0.3 is 0 Å². The van der Waals surface area contributed by atoms with Crippen molar-refractivity contribution in [3.63, 3.8) is 0 Å². The van der Waals surface area contributed by atoms with Crippen LogP contribution in [0.5, 0.6) is 11.5 Å². The summed E-state index contributed by atoms with van der Waals surface area (Å²) < 4.78 is 20.3. The van der Waals surface area contributed by atoms with Crippen molar-refractivity contribution in [1.82, 2.24) is 0 Å². The number of hydrogen-bond donors (Lipinski definition) is 0. The number of rotatable bonds is 7. The summed E-state index contributed by atoms with van der Waals surface area (Å²) in [7, 11) is 4.58. The Morgan fingerprint density at radius 1 is 1.17 bits per heavy atom. The van der Waals surface area contributed by atoms with E-state index in [2.05, 4.69) is 10.0 Å². The predicted molar refractivity (Wildman–Crippen MR) is 65.0 cm³/mol. The van der Waals surface area contributed by atoms with E-state index >= 15 is 0 Å². The molecule has 0 saturated heterocycles. The van der Waals surface area contributed by atoms with E-state index in [1.807, 2.05) is 0 Å². The van der Waals surface area contributed by atoms with Crippen molar-refractivity contribution in [1.29, 1.82) is 0 Å². The van der Waals surface area contributed by atoms with Crippen LogP contribution in [0, 0.1) is 0 Å². The average molecular weight is 253 g/mol. The van der Waals surface area contributed by atoms with Crippen LogP contribution in [0.25, 0.3) is 10.4 Å². The first-order chi connectivity index (χ1) is 8.76. The number of azide groups is 1. The maximum atomic E-state index is 8.53. The molecule has 0 N–H and O–H groups in total. The summed E-state index contributed by atoms with van der Waals surface area (Å²) in [5.74, 6) is 1.04. The van der Waals surface area contributed by atoms with E-state index in [-0.39, 0.29) is 13.4 Å². The topological polar surface area (TPSA) is 85.7 Å². The molecule has 0 aliphatic carbocycles. The minimum absolute atomic E-state index is 0.157. The quantitative estimate of drug-likeness (QED) is 0.246. The van der Waals surface area contributed by atoms with E-state index in [1.165, 1.54) is 21.3 Å². The summed E-state index contributed by atoms with van der Waals surface area (Å²) in [6.45, 7) is 0.409. The molecular weight excluding hydrogens is 238 g/mol. The maximum Gasteiger partial charge on any atom is 0.161 e. The Bertz CT molecular complexity index is 444. The highest BCUT2D eigenvalue weighted by molar-refractivity contribution is 5.57. The Labute approximate surface area is 105 Å². The van der Waals surface area contributed by atoms with E-state index in [0.29, 0.717) is 22.7 Å². The van der Waals surface area contributed by atoms with Crippen molar-refractivity contribution >= 4 is 5.69 Å². The van der Waals surface area contributed by atoms with Gasteiger partial charge in [0.1, 0.15) is 6.79 Å². The average Bonchev–Trinajstić information content (AvgIpc) is 2.40. The predicted octanol–water partition coefficient (Wildman–Crippen LogP) is 2.77. The molecule has 7 heteroatoms. The molecule has 18 heavy (non-hydrogen) atoms. The zero-order chi connectivity index (χ0) is 13.4. The van der Waals surface area contributed by atoms with Crippen molar-refractivity contribution in [2.24, 2.45) is 5.11 Å². The van der Waals surface area contributed by atoms with Crippen LogP contribution in [0.15, 0.2) is 17.2 Å². The molecule has 0 fully saturated rings. The Morgan fingerprint density at radius 3 is 2.39 bits per heavy atom. The van der Waals surface area contributed by atoms with Crippen LogP contribution in [0.2, 0.25) is 0 Å². The molecule has 98 valence electrons. The van der Waals surface area contributed by atoms with Gasteiger partial charge in [-0.1, -0.05) is 5.11 Å². The zero-order valence-corrected chi connectivity index (χ0v) is 10.5. The van der Waals surface area contributed by atoms with Gasteiger partial charge in [0, 0.05) is 17.7 Å². The summed E-state index contributed by atoms with van der Waals surface area (Å²) in [4.78, 5) is 2.77. The number of benzene rings is 1. The van der Waals surface area contributed by atoms with Gasteiger partial charge in [-0.3, -0.25) is 0 Å². The molecule has 0 atom stereocenters. The first-order valence-electron chi connectivity index (χ1n) is 5.13. The van der Waals surface area contributed by atoms with Crippen molar-refractivity contribution < 1.29 is 18.9 Å². The number of nitrogens with zero attached hydrogens (tertiary/aromatic N) is 3. The second-order valence-corrected chi connectivity index (χ2v) is 3.28. The smallest absolute Gasteiger partial charge is 0.161 e. The third-order valence-corrected chi connectivity index (χ3v) is 2.20. The number of ether oxygens (including phenoxy) is 4. The van der Waals surface area contributed by atoms with Gasteiger partial charge < -0.3 is 18.9 Å². The Balaban J connectivity index is 3.07. The monoisotopic (exact) mass is 253 g/mol. The van der Waals surface area contributed by atoms with Crippen molar-refractivity contribution in [2.75, 3.05) is 28.1 Å². The molecule has 0 unspecified atom stereocenters. The molecule has 1 aromatic carbocycles. The van der Waals surface area contributed by atoms with Crippen LogP contribution in [-0.4, -0.2) is 28.1 Å². The molecule has 0 aromatic heterocycles. The zero-order valence-electron chi connectivity index (χ0n) is 10.5. The van der Waals surface area contributed by atoms with Crippen LogP contribution >= 0.6 is 0 Å². The summed E-state index contributed by atoms with van der Waals surface area (Å²) in [6.07, 6.45) is 0. The van der Waals surface area contributed by atoms with Gasteiger partial charge in [0.15, 0.2) is 11.5 Å². The summed E-state index contributed by atoms with van der Waals surface area (Å²) in [5, 5.41) is 3.59. The lowest BCUT2D eigenvalue weighted by Crippen LogP contribution is -1.99. The van der Waals surface area contributed by atoms with E-state index in [4.69, 9.17) is 24.5 Å². The third kappa shape index (κ3) is 3.53. The lowest BCUT2D eigenvalue weighted by Gasteiger charge is -2.12. The van der Waals surface area contributed by atoms with E-state index in [0.717, 1.165) is 0 Å². The Hall–Kier alpha value is -1.95. The molecule has 0 saturated carbocycles. The van der Waals surface area contributed by atoms with Crippen LogP contribution in [0.3, 0.4) is 0 Å². The minimum atomic E-state index is 0.157. The highest BCUT2D eigenvalue weighted by atomic mass is 16.7. The standard InChI is InChI=1S/C11H15N3O4/c1-15-7-18-6-8-4-10(16-2)11(17-3)5-9(8)13-14-12/h4-5H,6-7H2,1-3H3. The summed E-state index contributed by atoms with van der Waals surface area (Å²) >= 11 is 0. The van der Waals surface area contributed by atoms with Gasteiger partial charge in [0.25, 0.3) is 0 Å². The normalized spacial score (nSPS) is 9.72. The molecule has 0 aliphatic rings. The minimum Gasteiger partial charge on any atom is -0.493 e. The molecule has 7 nitrogen and oxygen atoms in total. The van der Waals surface area contributed by atoms with E-state index in [1.54, 1.807) is 12.1 Å². The molecular formula is C11H15N3O4. The van der Waals surface area contributed by atoms with Crippen LogP contribution in [0.1, 0.15) is 5.56 Å². The first-order valence-corrected chi connectivity index (χ1v) is 5.13. The van der Waals surface area contributed by atoms with Gasteiger partial charge in [-0.05, 0) is 23.2 Å². The van der Waals surface area contributed by atoms with Gasteiger partial charge in [-0.2, -0.15) is 0 Å². The molecule has 0 amide bonds. The Morgan fingerprint density at radius 2 is 1.83 bits per heavy atom. The van der Waals surface area contributed by atoms with Gasteiger partial charge in [-0.15, -0.1) is 0 Å². The lowest BCUT2D eigenvalue weighted by molar-refractivity contribution is -0.0389. The van der Waals surface area contributed by atoms with Crippen molar-refractivity contribution in [3.05, 3.63) is 28.1 Å². The highest BCUT2D eigenvalue weighted by Gasteiger charge is 2.10. The fourth-order valence-corrected chi connectivity index (χ4v) is 1.40. The van der Waals surface area contributed by atoms with Crippen molar-refractivity contribution in [3.8, 4) is 11.5 Å². The maximum absolute atomic E-state index is 8.53. The molecule has 0 spiro atoms. The second kappa shape index (κ2) is 7.39. The molecule has 0 radical (unpaired) electrons. The number of methoxy groups -OCH3 is 3. The SMILES string of the molecule is COCOCc1cc(OC)c(OC)cc1N=[N+]=[N-]. The second-order valence-electron chi connectivity index (χ2n) is 3.28. The van der Waals surface area contributed by atoms with Crippen LogP contribution < -0.4 is 9.47 Å². The van der Waals surface area contributed by atoms with Gasteiger partial charge in [0.2, 0.25) is 0 Å². The third-order valence-electron chi connectivity index (χ3n) is 2.20. The van der Waals surface area contributed by atoms with Crippen LogP contribution in [-0.2, 0) is 16.1 Å². The Kier molecular flexibility index (Phi) is 5.79. The van der Waals surface area contributed by atoms with Gasteiger partial charge in [0.05, 0.1) is 20.8 Å². The van der Waals surface area contributed by atoms with Crippen molar-refractivity contribution in [2.45, 2.75) is 6.61 Å². The molecule has 1 rings (SSSR count). The van der Waals surface area contributed by atoms with Gasteiger partial charge in [-0.25, -0.2) is 0 Å². The highest BCUT2D eigenvalue weighted by Crippen LogP contribution is 2.35. The molecule has 0 heterocycles. The van der Waals surface area contributed by atoms with Crippen LogP contribution in [0.4, 0.5) is 5.69 Å². The summed E-state index contributed by atoms with van der Waals surface area (Å²) in [6, 6.07) is 3.31. The number of hydrogen-bond acceptors (Lipinski definition) is 5. The molecule has 1 aromatic rings. The lowest BCUT2D eigenvalue weighted by atomic mass is 10.1. The first kappa shape index (κ1) is 14.1. The molecule has 0 aliphatic heterocycles. The van der Waals surface area contributed by atoms with E-state index < -0.39 is 0 Å².